The summed E-state index contributed by atoms with van der Waals surface area (Å²) in [5.41, 5.74) is 2.16. The van der Waals surface area contributed by atoms with Crippen molar-refractivity contribution in [1.29, 1.82) is 0 Å². The molecule has 2 aromatic rings. The smallest absolute Gasteiger partial charge is 0.166 e. The number of Topliss-reactive ketones (excluding diaryl/α,β-unsaturated/α-hetero) is 1. The fraction of sp³-hybridized carbons (Fsp3) is 0.409. The van der Waals surface area contributed by atoms with Crippen LogP contribution in [0.1, 0.15) is 41.6 Å². The lowest BCUT2D eigenvalue weighted by molar-refractivity contribution is 0.0678. The van der Waals surface area contributed by atoms with Gasteiger partial charge in [-0.2, -0.15) is 0 Å². The predicted octanol–water partition coefficient (Wildman–Crippen LogP) is 4.32. The van der Waals surface area contributed by atoms with E-state index in [0.29, 0.717) is 12.1 Å². The van der Waals surface area contributed by atoms with Crippen molar-refractivity contribution in [2.24, 2.45) is 5.92 Å². The number of ether oxygens (including phenoxy) is 1. The highest BCUT2D eigenvalue weighted by atomic mass is 16.5. The van der Waals surface area contributed by atoms with Crippen LogP contribution in [0.4, 0.5) is 0 Å². The SMILES string of the molecule is COc1cccc(C(=O)C2CC3CCC(C2)N3Cc2ccccc2)c1. The van der Waals surface area contributed by atoms with Crippen LogP contribution in [0.3, 0.4) is 0 Å². The summed E-state index contributed by atoms with van der Waals surface area (Å²) in [7, 11) is 1.64. The zero-order valence-corrected chi connectivity index (χ0v) is 14.7. The summed E-state index contributed by atoms with van der Waals surface area (Å²) in [5, 5.41) is 0. The van der Waals surface area contributed by atoms with Gasteiger partial charge in [-0.25, -0.2) is 0 Å². The monoisotopic (exact) mass is 335 g/mol. The van der Waals surface area contributed by atoms with Gasteiger partial charge >= 0.3 is 0 Å². The molecule has 25 heavy (non-hydrogen) atoms. The molecule has 2 unspecified atom stereocenters. The predicted molar refractivity (Wildman–Crippen MR) is 98.8 cm³/mol. The maximum absolute atomic E-state index is 13.0. The Balaban J connectivity index is 1.46. The van der Waals surface area contributed by atoms with Crippen LogP contribution in [0.5, 0.6) is 5.75 Å². The average Bonchev–Trinajstić information content (AvgIpc) is 2.90. The summed E-state index contributed by atoms with van der Waals surface area (Å²) in [6.45, 7) is 1.01. The van der Waals surface area contributed by atoms with E-state index in [9.17, 15) is 4.79 Å². The van der Waals surface area contributed by atoms with Crippen LogP contribution in [0.25, 0.3) is 0 Å². The number of fused-ring (bicyclic) bond motifs is 2. The van der Waals surface area contributed by atoms with Gasteiger partial charge in [0.25, 0.3) is 0 Å². The first-order valence-electron chi connectivity index (χ1n) is 9.22. The van der Waals surface area contributed by atoms with Crippen molar-refractivity contribution in [3.05, 3.63) is 65.7 Å². The molecule has 2 atom stereocenters. The van der Waals surface area contributed by atoms with Gasteiger partial charge in [0, 0.05) is 30.1 Å². The molecule has 0 aromatic heterocycles. The molecule has 130 valence electrons. The Labute approximate surface area is 149 Å². The van der Waals surface area contributed by atoms with E-state index >= 15 is 0 Å². The third-order valence-corrected chi connectivity index (χ3v) is 5.82. The first-order chi connectivity index (χ1) is 12.2. The van der Waals surface area contributed by atoms with E-state index in [4.69, 9.17) is 4.74 Å². The lowest BCUT2D eigenvalue weighted by Crippen LogP contribution is -2.44. The van der Waals surface area contributed by atoms with E-state index in [2.05, 4.69) is 35.2 Å². The number of carbonyl (C=O) groups excluding carboxylic acids is 1. The van der Waals surface area contributed by atoms with Crippen LogP contribution in [0.2, 0.25) is 0 Å². The van der Waals surface area contributed by atoms with Crippen molar-refractivity contribution in [2.75, 3.05) is 7.11 Å². The first-order valence-corrected chi connectivity index (χ1v) is 9.22. The third-order valence-electron chi connectivity index (χ3n) is 5.82. The molecule has 0 N–H and O–H groups in total. The molecule has 0 amide bonds. The first kappa shape index (κ1) is 16.3. The molecule has 2 fully saturated rings. The molecule has 2 bridgehead atoms. The molecule has 0 aliphatic carbocycles. The van der Waals surface area contributed by atoms with E-state index in [1.165, 1.54) is 18.4 Å². The van der Waals surface area contributed by atoms with E-state index in [1.807, 2.05) is 24.3 Å². The second-order valence-electron chi connectivity index (χ2n) is 7.31. The molecule has 2 heterocycles. The number of nitrogens with zero attached hydrogens (tertiary/aromatic N) is 1. The third kappa shape index (κ3) is 3.34. The molecular weight excluding hydrogens is 310 g/mol. The Morgan fingerprint density at radius 3 is 2.44 bits per heavy atom. The number of hydrogen-bond acceptors (Lipinski definition) is 3. The van der Waals surface area contributed by atoms with E-state index in [1.54, 1.807) is 7.11 Å². The second kappa shape index (κ2) is 7.01. The van der Waals surface area contributed by atoms with Gasteiger partial charge in [0.1, 0.15) is 5.75 Å². The molecule has 0 spiro atoms. The average molecular weight is 335 g/mol. The molecule has 0 saturated carbocycles. The van der Waals surface area contributed by atoms with Gasteiger partial charge < -0.3 is 4.74 Å². The quantitative estimate of drug-likeness (QED) is 0.762. The highest BCUT2D eigenvalue weighted by molar-refractivity contribution is 5.98. The van der Waals surface area contributed by atoms with Gasteiger partial charge in [0.15, 0.2) is 5.78 Å². The van der Waals surface area contributed by atoms with E-state index in [0.717, 1.165) is 30.7 Å². The molecule has 2 aliphatic heterocycles. The van der Waals surface area contributed by atoms with Crippen molar-refractivity contribution in [2.45, 2.75) is 44.3 Å². The summed E-state index contributed by atoms with van der Waals surface area (Å²) in [6, 6.07) is 19.4. The van der Waals surface area contributed by atoms with Crippen molar-refractivity contribution >= 4 is 5.78 Å². The molecular formula is C22H25NO2. The zero-order valence-electron chi connectivity index (χ0n) is 14.7. The minimum absolute atomic E-state index is 0.150. The van der Waals surface area contributed by atoms with Crippen molar-refractivity contribution in [3.63, 3.8) is 0 Å². The number of benzene rings is 2. The van der Waals surface area contributed by atoms with Crippen LogP contribution >= 0.6 is 0 Å². The van der Waals surface area contributed by atoms with Crippen LogP contribution in [0, 0.1) is 5.92 Å². The number of rotatable bonds is 5. The van der Waals surface area contributed by atoms with Crippen LogP contribution < -0.4 is 4.74 Å². The van der Waals surface area contributed by atoms with Crippen LogP contribution in [-0.2, 0) is 6.54 Å². The largest absolute Gasteiger partial charge is 0.497 e. The zero-order chi connectivity index (χ0) is 17.2. The summed E-state index contributed by atoms with van der Waals surface area (Å²) in [4.78, 5) is 15.6. The summed E-state index contributed by atoms with van der Waals surface area (Å²) >= 11 is 0. The second-order valence-corrected chi connectivity index (χ2v) is 7.31. The minimum Gasteiger partial charge on any atom is -0.497 e. The highest BCUT2D eigenvalue weighted by Crippen LogP contribution is 2.40. The molecule has 3 nitrogen and oxygen atoms in total. The molecule has 4 rings (SSSR count). The maximum atomic E-state index is 13.0. The lowest BCUT2D eigenvalue weighted by Gasteiger charge is -2.38. The van der Waals surface area contributed by atoms with Crippen molar-refractivity contribution < 1.29 is 9.53 Å². The molecule has 3 heteroatoms. The number of methoxy groups -OCH3 is 1. The van der Waals surface area contributed by atoms with Crippen LogP contribution in [0.15, 0.2) is 54.6 Å². The fourth-order valence-corrected chi connectivity index (χ4v) is 4.55. The molecule has 2 aromatic carbocycles. The number of carbonyl (C=O) groups is 1. The van der Waals surface area contributed by atoms with E-state index in [-0.39, 0.29) is 11.7 Å². The fourth-order valence-electron chi connectivity index (χ4n) is 4.55. The number of piperidine rings is 1. The molecule has 2 aliphatic rings. The van der Waals surface area contributed by atoms with Gasteiger partial charge in [0.05, 0.1) is 7.11 Å². The van der Waals surface area contributed by atoms with Gasteiger partial charge in [-0.3, -0.25) is 9.69 Å². The molecule has 0 radical (unpaired) electrons. The van der Waals surface area contributed by atoms with Crippen molar-refractivity contribution in [3.8, 4) is 5.75 Å². The maximum Gasteiger partial charge on any atom is 0.166 e. The topological polar surface area (TPSA) is 29.5 Å². The number of ketones is 1. The van der Waals surface area contributed by atoms with Crippen molar-refractivity contribution in [1.82, 2.24) is 4.90 Å². The Hall–Kier alpha value is -2.13. The van der Waals surface area contributed by atoms with Gasteiger partial charge in [-0.15, -0.1) is 0 Å². The van der Waals surface area contributed by atoms with Crippen LogP contribution in [-0.4, -0.2) is 29.9 Å². The minimum atomic E-state index is 0.150. The number of hydrogen-bond donors (Lipinski definition) is 0. The lowest BCUT2D eigenvalue weighted by atomic mass is 9.84. The van der Waals surface area contributed by atoms with Gasteiger partial charge in [-0.1, -0.05) is 42.5 Å². The van der Waals surface area contributed by atoms with E-state index < -0.39 is 0 Å². The Morgan fingerprint density at radius 1 is 1.04 bits per heavy atom. The van der Waals surface area contributed by atoms with Gasteiger partial charge in [-0.05, 0) is 43.4 Å². The summed E-state index contributed by atoms with van der Waals surface area (Å²) in [6.07, 6.45) is 4.41. The summed E-state index contributed by atoms with van der Waals surface area (Å²) < 4.78 is 5.27. The Bertz CT molecular complexity index is 729. The molecule has 2 saturated heterocycles. The normalized spacial score (nSPS) is 25.7. The Morgan fingerprint density at radius 2 is 1.76 bits per heavy atom. The highest BCUT2D eigenvalue weighted by Gasteiger charge is 2.42. The summed E-state index contributed by atoms with van der Waals surface area (Å²) in [5.74, 6) is 1.20. The Kier molecular flexibility index (Phi) is 4.58. The standard InChI is InChI=1S/C22H25NO2/c1-25-21-9-5-8-17(14-21)22(24)18-12-19-10-11-20(13-18)23(19)15-16-6-3-2-4-7-16/h2-9,14,18-20H,10-13,15H2,1H3. The van der Waals surface area contributed by atoms with Gasteiger partial charge in [0.2, 0.25) is 0 Å².